The molecular weight excluding hydrogens is 717 g/mol. The molecule has 0 aliphatic heterocycles. The van der Waals surface area contributed by atoms with Crippen LogP contribution in [0, 0.1) is 0 Å². The summed E-state index contributed by atoms with van der Waals surface area (Å²) in [5.41, 5.74) is 20.2. The highest BCUT2D eigenvalue weighted by Crippen LogP contribution is 2.41. The largest absolute Gasteiger partial charge is 0.397 e. The molecule has 0 aliphatic carbocycles. The van der Waals surface area contributed by atoms with E-state index in [4.69, 9.17) is 10.7 Å². The number of nitrogen functional groups attached to an aromatic ring is 1. The lowest BCUT2D eigenvalue weighted by atomic mass is 9.96. The Labute approximate surface area is 344 Å². The number of hydrogen-bond donors (Lipinski definition) is 1. The third kappa shape index (κ3) is 6.73. The van der Waals surface area contributed by atoms with Gasteiger partial charge in [-0.25, -0.2) is 4.99 Å². The predicted octanol–water partition coefficient (Wildman–Crippen LogP) is 14.5. The SMILES string of the molecule is C=C(/C(=N\c1ccccc1N)c1ccccc1)c1ccc(N(c2ccccc2)c2ccc3c(c2)c2cc(-c4ccc5ccccc5c4)ccc2n3-c2ccccc2)cc1. The van der Waals surface area contributed by atoms with Crippen LogP contribution in [0.2, 0.25) is 0 Å². The molecule has 0 atom stereocenters. The Balaban J connectivity index is 1.10. The first kappa shape index (κ1) is 35.5. The molecule has 10 aromatic rings. The number of aliphatic imine (C=N–C) groups is 1. The average Bonchev–Trinajstić information content (AvgIpc) is 3.62. The van der Waals surface area contributed by atoms with Crippen LogP contribution in [0.1, 0.15) is 11.1 Å². The van der Waals surface area contributed by atoms with Crippen LogP contribution in [0.3, 0.4) is 0 Å². The van der Waals surface area contributed by atoms with Gasteiger partial charge >= 0.3 is 0 Å². The molecule has 280 valence electrons. The predicted molar refractivity (Wildman–Crippen MR) is 251 cm³/mol. The van der Waals surface area contributed by atoms with Crippen LogP contribution in [-0.4, -0.2) is 10.3 Å². The molecule has 1 aromatic heterocycles. The maximum atomic E-state index is 6.35. The van der Waals surface area contributed by atoms with Gasteiger partial charge in [0.2, 0.25) is 0 Å². The van der Waals surface area contributed by atoms with Crippen LogP contribution in [0.25, 0.3) is 55.0 Å². The van der Waals surface area contributed by atoms with Crippen molar-refractivity contribution < 1.29 is 0 Å². The zero-order chi connectivity index (χ0) is 39.7. The second-order valence-electron chi connectivity index (χ2n) is 14.7. The van der Waals surface area contributed by atoms with Gasteiger partial charge in [0, 0.05) is 44.7 Å². The molecule has 0 spiro atoms. The maximum absolute atomic E-state index is 6.35. The topological polar surface area (TPSA) is 46.5 Å². The van der Waals surface area contributed by atoms with Gasteiger partial charge in [-0.3, -0.25) is 0 Å². The van der Waals surface area contributed by atoms with E-state index >= 15 is 0 Å². The molecule has 4 heteroatoms. The van der Waals surface area contributed by atoms with E-state index in [1.807, 2.05) is 42.5 Å². The third-order valence-corrected chi connectivity index (χ3v) is 11.1. The van der Waals surface area contributed by atoms with Crippen LogP contribution in [0.15, 0.2) is 230 Å². The number of nitrogens with zero attached hydrogens (tertiary/aromatic N) is 3. The smallest absolute Gasteiger partial charge is 0.0866 e. The Kier molecular flexibility index (Phi) is 9.13. The van der Waals surface area contributed by atoms with E-state index in [2.05, 4.69) is 192 Å². The first-order valence-electron chi connectivity index (χ1n) is 19.9. The Morgan fingerprint density at radius 2 is 1.02 bits per heavy atom. The molecule has 4 nitrogen and oxygen atoms in total. The molecule has 2 N–H and O–H groups in total. The fourth-order valence-electron chi connectivity index (χ4n) is 8.14. The molecule has 9 aromatic carbocycles. The van der Waals surface area contributed by atoms with Crippen LogP contribution in [0.5, 0.6) is 0 Å². The number of para-hydroxylation sites is 4. The molecule has 0 saturated heterocycles. The molecule has 0 radical (unpaired) electrons. The summed E-state index contributed by atoms with van der Waals surface area (Å²) in [7, 11) is 0. The van der Waals surface area contributed by atoms with Crippen molar-refractivity contribution in [1.29, 1.82) is 0 Å². The summed E-state index contributed by atoms with van der Waals surface area (Å²) in [5, 5.41) is 4.85. The van der Waals surface area contributed by atoms with E-state index in [1.165, 1.54) is 32.7 Å². The minimum absolute atomic E-state index is 0.622. The summed E-state index contributed by atoms with van der Waals surface area (Å²) in [5.74, 6) is 0. The van der Waals surface area contributed by atoms with Crippen LogP contribution < -0.4 is 10.6 Å². The van der Waals surface area contributed by atoms with Gasteiger partial charge < -0.3 is 15.2 Å². The first-order chi connectivity index (χ1) is 29.1. The second-order valence-corrected chi connectivity index (χ2v) is 14.7. The number of hydrogen-bond acceptors (Lipinski definition) is 3. The fraction of sp³-hybridized carbons (Fsp3) is 0. The molecule has 0 amide bonds. The number of allylic oxidation sites excluding steroid dienone is 1. The first-order valence-corrected chi connectivity index (χ1v) is 19.9. The standard InChI is InChI=1S/C55H40N4/c1-38(55(41-16-5-2-6-17-41)57-52-24-14-13-23-51(52)56)39-27-30-47(31-28-39)58(45-19-7-3-8-20-45)48-32-34-54-50(37-48)49-36-44(43-26-25-40-15-11-12-18-42(40)35-43)29-33-53(49)59(54)46-21-9-4-10-22-46/h2-37H,1,56H2/b57-55+. The maximum Gasteiger partial charge on any atom is 0.0866 e. The van der Waals surface area contributed by atoms with E-state index in [0.717, 1.165) is 56.2 Å². The molecule has 0 saturated carbocycles. The molecule has 0 bridgehead atoms. The molecule has 0 aliphatic rings. The monoisotopic (exact) mass is 756 g/mol. The molecular formula is C55H40N4. The zero-order valence-electron chi connectivity index (χ0n) is 32.4. The van der Waals surface area contributed by atoms with Gasteiger partial charge in [-0.2, -0.15) is 0 Å². The van der Waals surface area contributed by atoms with Gasteiger partial charge in [0.1, 0.15) is 0 Å². The Hall–Kier alpha value is -7.95. The fourth-order valence-corrected chi connectivity index (χ4v) is 8.14. The van der Waals surface area contributed by atoms with Crippen LogP contribution in [0.4, 0.5) is 28.4 Å². The molecule has 10 rings (SSSR count). The van der Waals surface area contributed by atoms with Gasteiger partial charge in [-0.05, 0) is 112 Å². The van der Waals surface area contributed by atoms with Crippen molar-refractivity contribution >= 4 is 72.3 Å². The lowest BCUT2D eigenvalue weighted by Crippen LogP contribution is -2.10. The van der Waals surface area contributed by atoms with Crippen molar-refractivity contribution in [2.24, 2.45) is 4.99 Å². The molecule has 59 heavy (non-hydrogen) atoms. The number of benzene rings is 9. The van der Waals surface area contributed by atoms with Gasteiger partial charge in [-0.15, -0.1) is 0 Å². The number of fused-ring (bicyclic) bond motifs is 4. The lowest BCUT2D eigenvalue weighted by Gasteiger charge is -2.26. The third-order valence-electron chi connectivity index (χ3n) is 11.1. The van der Waals surface area contributed by atoms with Gasteiger partial charge in [0.25, 0.3) is 0 Å². The molecule has 0 fully saturated rings. The Bertz CT molecular complexity index is 3160. The lowest BCUT2D eigenvalue weighted by molar-refractivity contribution is 1.18. The van der Waals surface area contributed by atoms with E-state index < -0.39 is 0 Å². The summed E-state index contributed by atoms with van der Waals surface area (Å²) in [6.07, 6.45) is 0. The minimum atomic E-state index is 0.622. The number of nitrogens with two attached hydrogens (primary N) is 1. The van der Waals surface area contributed by atoms with E-state index in [0.29, 0.717) is 11.4 Å². The van der Waals surface area contributed by atoms with Crippen molar-refractivity contribution in [2.75, 3.05) is 10.6 Å². The van der Waals surface area contributed by atoms with Gasteiger partial charge in [0.05, 0.1) is 28.1 Å². The minimum Gasteiger partial charge on any atom is -0.397 e. The zero-order valence-corrected chi connectivity index (χ0v) is 32.4. The Morgan fingerprint density at radius 3 is 1.76 bits per heavy atom. The average molecular weight is 757 g/mol. The quantitative estimate of drug-likeness (QED) is 0.118. The van der Waals surface area contributed by atoms with Crippen LogP contribution >= 0.6 is 0 Å². The highest BCUT2D eigenvalue weighted by atomic mass is 15.1. The Morgan fingerprint density at radius 1 is 0.458 bits per heavy atom. The summed E-state index contributed by atoms with van der Waals surface area (Å²) in [6, 6.07) is 76.6. The summed E-state index contributed by atoms with van der Waals surface area (Å²) in [4.78, 5) is 7.37. The highest BCUT2D eigenvalue weighted by molar-refractivity contribution is 6.32. The summed E-state index contributed by atoms with van der Waals surface area (Å²) in [6.45, 7) is 4.57. The highest BCUT2D eigenvalue weighted by Gasteiger charge is 2.19. The van der Waals surface area contributed by atoms with Crippen molar-refractivity contribution in [1.82, 2.24) is 4.57 Å². The normalized spacial score (nSPS) is 11.6. The number of rotatable bonds is 9. The number of aromatic nitrogens is 1. The van der Waals surface area contributed by atoms with Crippen molar-refractivity contribution in [3.63, 3.8) is 0 Å². The van der Waals surface area contributed by atoms with Gasteiger partial charge in [-0.1, -0.05) is 140 Å². The van der Waals surface area contributed by atoms with Crippen molar-refractivity contribution in [3.8, 4) is 16.8 Å². The second kappa shape index (κ2) is 15.2. The summed E-state index contributed by atoms with van der Waals surface area (Å²) < 4.78 is 2.38. The van der Waals surface area contributed by atoms with E-state index in [-0.39, 0.29) is 0 Å². The van der Waals surface area contributed by atoms with Crippen molar-refractivity contribution in [3.05, 3.63) is 236 Å². The summed E-state index contributed by atoms with van der Waals surface area (Å²) >= 11 is 0. The van der Waals surface area contributed by atoms with Crippen molar-refractivity contribution in [2.45, 2.75) is 0 Å². The number of anilines is 4. The van der Waals surface area contributed by atoms with Crippen LogP contribution in [-0.2, 0) is 0 Å². The molecule has 1 heterocycles. The van der Waals surface area contributed by atoms with E-state index in [1.54, 1.807) is 0 Å². The van der Waals surface area contributed by atoms with E-state index in [9.17, 15) is 0 Å². The van der Waals surface area contributed by atoms with Gasteiger partial charge in [0.15, 0.2) is 0 Å². The molecule has 0 unspecified atom stereocenters.